The first kappa shape index (κ1) is 17.9. The molecule has 0 bridgehead atoms. The molecule has 120 valence electrons. The maximum atomic E-state index is 9.55. The van der Waals surface area contributed by atoms with Crippen LogP contribution < -0.4 is 5.32 Å². The van der Waals surface area contributed by atoms with Gasteiger partial charge >= 0.3 is 0 Å². The molecule has 1 heterocycles. The number of nitrogens with one attached hydrogen (secondary N) is 1. The van der Waals surface area contributed by atoms with Gasteiger partial charge in [-0.3, -0.25) is 0 Å². The second-order valence-electron chi connectivity index (χ2n) is 6.82. The number of nitrogens with zero attached hydrogens (tertiary/aromatic N) is 1. The zero-order valence-electron chi connectivity index (χ0n) is 14.0. The second-order valence-corrected chi connectivity index (χ2v) is 6.82. The number of piperidine rings is 1. The number of likely N-dealkylation sites (tertiary alicyclic amines) is 1. The van der Waals surface area contributed by atoms with Crippen molar-refractivity contribution in [2.45, 2.75) is 71.3 Å². The third-order valence-electron chi connectivity index (χ3n) is 4.78. The van der Waals surface area contributed by atoms with Crippen molar-refractivity contribution in [2.75, 3.05) is 32.8 Å². The Morgan fingerprint density at radius 3 is 2.75 bits per heavy atom. The van der Waals surface area contributed by atoms with E-state index < -0.39 is 0 Å². The lowest BCUT2D eigenvalue weighted by atomic mass is 9.94. The summed E-state index contributed by atoms with van der Waals surface area (Å²) in [6.45, 7) is 11.7. The van der Waals surface area contributed by atoms with Crippen LogP contribution in [0.15, 0.2) is 0 Å². The number of unbranched alkanes of at least 4 members (excludes halogenated alkanes) is 1. The third-order valence-corrected chi connectivity index (χ3v) is 4.78. The number of aliphatic hydroxyl groups excluding tert-OH is 1. The lowest BCUT2D eigenvalue weighted by Crippen LogP contribution is -2.46. The van der Waals surface area contributed by atoms with E-state index in [2.05, 4.69) is 31.0 Å². The van der Waals surface area contributed by atoms with Gasteiger partial charge in [-0.25, -0.2) is 0 Å². The Morgan fingerprint density at radius 1 is 1.30 bits per heavy atom. The minimum absolute atomic E-state index is 0.0795. The van der Waals surface area contributed by atoms with E-state index in [0.29, 0.717) is 0 Å². The number of hydrogen-bond acceptors (Lipinski definition) is 3. The summed E-state index contributed by atoms with van der Waals surface area (Å²) in [4.78, 5) is 2.65. The highest BCUT2D eigenvalue weighted by Crippen LogP contribution is 2.20. The van der Waals surface area contributed by atoms with Crippen LogP contribution in [-0.4, -0.2) is 48.3 Å². The first-order chi connectivity index (χ1) is 9.63. The molecule has 2 atom stereocenters. The van der Waals surface area contributed by atoms with Gasteiger partial charge < -0.3 is 15.3 Å². The van der Waals surface area contributed by atoms with E-state index in [0.717, 1.165) is 25.3 Å². The lowest BCUT2D eigenvalue weighted by Gasteiger charge is -2.33. The van der Waals surface area contributed by atoms with Gasteiger partial charge in [0.05, 0.1) is 6.61 Å². The van der Waals surface area contributed by atoms with Crippen LogP contribution in [0, 0.1) is 5.92 Å². The van der Waals surface area contributed by atoms with E-state index in [4.69, 9.17) is 0 Å². The maximum absolute atomic E-state index is 9.55. The quantitative estimate of drug-likeness (QED) is 0.605. The van der Waals surface area contributed by atoms with Gasteiger partial charge in [0.25, 0.3) is 0 Å². The van der Waals surface area contributed by atoms with Gasteiger partial charge in [-0.2, -0.15) is 0 Å². The average molecular weight is 284 g/mol. The molecule has 0 saturated carbocycles. The number of hydrogen-bond donors (Lipinski definition) is 2. The fourth-order valence-electron chi connectivity index (χ4n) is 3.19. The fraction of sp³-hybridized carbons (Fsp3) is 1.00. The summed E-state index contributed by atoms with van der Waals surface area (Å²) in [6, 6.07) is 0. The van der Waals surface area contributed by atoms with Crippen molar-refractivity contribution in [3.63, 3.8) is 0 Å². The van der Waals surface area contributed by atoms with Crippen LogP contribution in [0.25, 0.3) is 0 Å². The van der Waals surface area contributed by atoms with E-state index in [1.54, 1.807) is 0 Å². The number of aliphatic hydroxyl groups is 1. The zero-order chi connectivity index (χ0) is 14.8. The molecule has 20 heavy (non-hydrogen) atoms. The summed E-state index contributed by atoms with van der Waals surface area (Å²) in [5, 5.41) is 13.0. The Labute approximate surface area is 126 Å². The first-order valence-electron chi connectivity index (χ1n) is 8.71. The topological polar surface area (TPSA) is 35.5 Å². The smallest absolute Gasteiger partial charge is 0.0610 e. The van der Waals surface area contributed by atoms with Gasteiger partial charge in [0.15, 0.2) is 0 Å². The van der Waals surface area contributed by atoms with Crippen LogP contribution in [0.2, 0.25) is 0 Å². The van der Waals surface area contributed by atoms with Crippen LogP contribution in [0.5, 0.6) is 0 Å². The summed E-state index contributed by atoms with van der Waals surface area (Å²) < 4.78 is 0. The summed E-state index contributed by atoms with van der Waals surface area (Å²) in [6.07, 6.45) is 8.82. The van der Waals surface area contributed by atoms with Crippen molar-refractivity contribution in [1.82, 2.24) is 10.2 Å². The van der Waals surface area contributed by atoms with Crippen LogP contribution in [0.1, 0.15) is 65.7 Å². The van der Waals surface area contributed by atoms with Crippen LogP contribution >= 0.6 is 0 Å². The molecule has 0 spiro atoms. The van der Waals surface area contributed by atoms with Crippen LogP contribution in [0.3, 0.4) is 0 Å². The molecule has 1 aliphatic heterocycles. The molecule has 3 nitrogen and oxygen atoms in total. The molecular weight excluding hydrogens is 248 g/mol. The maximum Gasteiger partial charge on any atom is 0.0610 e. The minimum Gasteiger partial charge on any atom is -0.394 e. The van der Waals surface area contributed by atoms with Crippen LogP contribution in [-0.2, 0) is 0 Å². The molecule has 0 aliphatic carbocycles. The standard InChI is InChI=1S/C17H36N2O/c1-4-11-18-17(3,15-20)10-6-7-12-19-13-8-9-16(5-2)14-19/h16,18,20H,4-15H2,1-3H3. The monoisotopic (exact) mass is 284 g/mol. The molecule has 2 unspecified atom stereocenters. The van der Waals surface area contributed by atoms with E-state index in [1.807, 2.05) is 0 Å². The molecule has 0 amide bonds. The lowest BCUT2D eigenvalue weighted by molar-refractivity contribution is 0.151. The van der Waals surface area contributed by atoms with Gasteiger partial charge in [-0.15, -0.1) is 0 Å². The first-order valence-corrected chi connectivity index (χ1v) is 8.71. The largest absolute Gasteiger partial charge is 0.394 e. The van der Waals surface area contributed by atoms with E-state index in [9.17, 15) is 5.11 Å². The molecule has 3 heteroatoms. The molecule has 2 N–H and O–H groups in total. The molecule has 1 aliphatic rings. The Balaban J connectivity index is 2.16. The molecule has 0 aromatic rings. The third kappa shape index (κ3) is 6.55. The van der Waals surface area contributed by atoms with E-state index in [-0.39, 0.29) is 12.1 Å². The summed E-state index contributed by atoms with van der Waals surface area (Å²) in [5.74, 6) is 0.928. The highest BCUT2D eigenvalue weighted by molar-refractivity contribution is 4.82. The minimum atomic E-state index is -0.0795. The average Bonchev–Trinajstić information content (AvgIpc) is 2.50. The van der Waals surface area contributed by atoms with Gasteiger partial charge in [0, 0.05) is 12.1 Å². The molecule has 1 fully saturated rings. The molecular formula is C17H36N2O. The molecule has 0 aromatic heterocycles. The molecule has 0 aromatic carbocycles. The Bertz CT molecular complexity index is 247. The normalized spacial score (nSPS) is 23.7. The van der Waals surface area contributed by atoms with Crippen molar-refractivity contribution in [1.29, 1.82) is 0 Å². The predicted octanol–water partition coefficient (Wildman–Crippen LogP) is 3.03. The van der Waals surface area contributed by atoms with Crippen molar-refractivity contribution in [2.24, 2.45) is 5.92 Å². The summed E-state index contributed by atoms with van der Waals surface area (Å²) in [5.41, 5.74) is -0.0795. The van der Waals surface area contributed by atoms with E-state index in [1.165, 1.54) is 51.7 Å². The van der Waals surface area contributed by atoms with Crippen LogP contribution in [0.4, 0.5) is 0 Å². The fourth-order valence-corrected chi connectivity index (χ4v) is 3.19. The van der Waals surface area contributed by atoms with Gasteiger partial charge in [0.2, 0.25) is 0 Å². The zero-order valence-corrected chi connectivity index (χ0v) is 14.0. The van der Waals surface area contributed by atoms with Gasteiger partial charge in [-0.05, 0) is 64.6 Å². The molecule has 1 saturated heterocycles. The Kier molecular flexibility index (Phi) is 8.74. The van der Waals surface area contributed by atoms with Gasteiger partial charge in [0.1, 0.15) is 0 Å². The summed E-state index contributed by atoms with van der Waals surface area (Å²) in [7, 11) is 0. The highest BCUT2D eigenvalue weighted by Gasteiger charge is 2.22. The van der Waals surface area contributed by atoms with Crippen molar-refractivity contribution in [3.8, 4) is 0 Å². The van der Waals surface area contributed by atoms with Crippen molar-refractivity contribution in [3.05, 3.63) is 0 Å². The van der Waals surface area contributed by atoms with Gasteiger partial charge in [-0.1, -0.05) is 26.7 Å². The van der Waals surface area contributed by atoms with E-state index >= 15 is 0 Å². The Hall–Kier alpha value is -0.120. The SMILES string of the molecule is CCCNC(C)(CO)CCCCN1CCCC(CC)C1. The van der Waals surface area contributed by atoms with Crippen molar-refractivity contribution < 1.29 is 5.11 Å². The Morgan fingerprint density at radius 2 is 2.10 bits per heavy atom. The van der Waals surface area contributed by atoms with Crippen molar-refractivity contribution >= 4 is 0 Å². The number of rotatable bonds is 10. The highest BCUT2D eigenvalue weighted by atomic mass is 16.3. The predicted molar refractivity (Wildman–Crippen MR) is 87.1 cm³/mol. The summed E-state index contributed by atoms with van der Waals surface area (Å²) >= 11 is 0. The second kappa shape index (κ2) is 9.75. The molecule has 1 rings (SSSR count). The molecule has 0 radical (unpaired) electrons.